The second kappa shape index (κ2) is 15.5. The van der Waals surface area contributed by atoms with Crippen LogP contribution >= 0.6 is 0 Å². The van der Waals surface area contributed by atoms with Crippen molar-refractivity contribution in [1.29, 1.82) is 0 Å². The summed E-state index contributed by atoms with van der Waals surface area (Å²) in [6, 6.07) is 90.3. The van der Waals surface area contributed by atoms with E-state index in [1.165, 1.54) is 76.5 Å². The van der Waals surface area contributed by atoms with Crippen LogP contribution in [0.1, 0.15) is 0 Å². The molecular weight excluding hydrogens is 799 g/mol. The fraction of sp³-hybridized carbons (Fsp3) is 0. The van der Waals surface area contributed by atoms with Gasteiger partial charge in [-0.2, -0.15) is 0 Å². The highest BCUT2D eigenvalue weighted by Gasteiger charge is 2.17. The summed E-state index contributed by atoms with van der Waals surface area (Å²) in [7, 11) is 0. The highest BCUT2D eigenvalue weighted by atomic mass is 16.3. The van der Waals surface area contributed by atoms with Gasteiger partial charge in [-0.25, -0.2) is 0 Å². The third kappa shape index (κ3) is 6.50. The number of hydrogen-bond donors (Lipinski definition) is 0. The van der Waals surface area contributed by atoms with E-state index in [4.69, 9.17) is 4.42 Å². The van der Waals surface area contributed by atoms with Gasteiger partial charge in [0.25, 0.3) is 0 Å². The van der Waals surface area contributed by atoms with E-state index in [2.05, 4.69) is 241 Å². The first-order valence-electron chi connectivity index (χ1n) is 22.6. The van der Waals surface area contributed by atoms with Crippen LogP contribution in [0.3, 0.4) is 0 Å². The Labute approximate surface area is 382 Å². The van der Waals surface area contributed by atoms with Crippen LogP contribution in [0.15, 0.2) is 253 Å². The highest BCUT2D eigenvalue weighted by Crippen LogP contribution is 2.42. The van der Waals surface area contributed by atoms with Crippen molar-refractivity contribution in [3.63, 3.8) is 0 Å². The summed E-state index contributed by atoms with van der Waals surface area (Å²) in [5.74, 6) is 0. The minimum atomic E-state index is 0.898. The van der Waals surface area contributed by atoms with Crippen LogP contribution < -0.4 is 4.90 Å². The molecular formula is C64H41NO. The largest absolute Gasteiger partial charge is 0.456 e. The fourth-order valence-corrected chi connectivity index (χ4v) is 10.1. The summed E-state index contributed by atoms with van der Waals surface area (Å²) in [5.41, 5.74) is 14.5. The number of para-hydroxylation sites is 1. The van der Waals surface area contributed by atoms with Crippen LogP contribution in [0.5, 0.6) is 0 Å². The van der Waals surface area contributed by atoms with Crippen molar-refractivity contribution in [2.24, 2.45) is 0 Å². The molecule has 0 atom stereocenters. The van der Waals surface area contributed by atoms with Crippen molar-refractivity contribution >= 4 is 82.1 Å². The quantitative estimate of drug-likeness (QED) is 0.149. The third-order valence-corrected chi connectivity index (χ3v) is 13.4. The Morgan fingerprint density at radius 2 is 0.712 bits per heavy atom. The van der Waals surface area contributed by atoms with Gasteiger partial charge in [-0.3, -0.25) is 0 Å². The summed E-state index contributed by atoms with van der Waals surface area (Å²) in [6.07, 6.45) is 0. The minimum Gasteiger partial charge on any atom is -0.456 e. The van der Waals surface area contributed by atoms with Crippen molar-refractivity contribution in [3.05, 3.63) is 249 Å². The topological polar surface area (TPSA) is 16.4 Å². The average molecular weight is 840 g/mol. The summed E-state index contributed by atoms with van der Waals surface area (Å²) in [6.45, 7) is 0. The Morgan fingerprint density at radius 1 is 0.242 bits per heavy atom. The number of nitrogens with zero attached hydrogens (tertiary/aromatic N) is 1. The minimum absolute atomic E-state index is 0.898. The smallest absolute Gasteiger partial charge is 0.136 e. The van der Waals surface area contributed by atoms with Gasteiger partial charge in [0.15, 0.2) is 0 Å². The van der Waals surface area contributed by atoms with Crippen LogP contribution in [-0.2, 0) is 0 Å². The lowest BCUT2D eigenvalue weighted by molar-refractivity contribution is 0.669. The first-order chi connectivity index (χ1) is 32.7. The predicted octanol–water partition coefficient (Wildman–Crippen LogP) is 18.3. The van der Waals surface area contributed by atoms with Gasteiger partial charge in [-0.15, -0.1) is 0 Å². The Kier molecular flexibility index (Phi) is 8.89. The molecule has 2 nitrogen and oxygen atoms in total. The lowest BCUT2D eigenvalue weighted by Gasteiger charge is -2.26. The number of benzene rings is 12. The van der Waals surface area contributed by atoms with Gasteiger partial charge in [0.2, 0.25) is 0 Å². The van der Waals surface area contributed by atoms with Gasteiger partial charge in [-0.05, 0) is 148 Å². The molecule has 0 aliphatic heterocycles. The monoisotopic (exact) mass is 839 g/mol. The molecule has 308 valence electrons. The Morgan fingerprint density at radius 3 is 1.44 bits per heavy atom. The molecule has 13 aromatic rings. The maximum atomic E-state index is 6.27. The molecule has 0 N–H and O–H groups in total. The molecule has 0 spiro atoms. The van der Waals surface area contributed by atoms with Crippen LogP contribution in [0.2, 0.25) is 0 Å². The van der Waals surface area contributed by atoms with Gasteiger partial charge >= 0.3 is 0 Å². The lowest BCUT2D eigenvalue weighted by Crippen LogP contribution is -2.10. The van der Waals surface area contributed by atoms with E-state index >= 15 is 0 Å². The molecule has 0 aliphatic rings. The molecule has 13 rings (SSSR count). The number of rotatable bonds is 7. The van der Waals surface area contributed by atoms with Crippen molar-refractivity contribution in [1.82, 2.24) is 0 Å². The first kappa shape index (κ1) is 37.8. The second-order valence-corrected chi connectivity index (χ2v) is 17.3. The Bertz CT molecular complexity index is 3970. The van der Waals surface area contributed by atoms with Crippen molar-refractivity contribution in [3.8, 4) is 44.5 Å². The zero-order valence-corrected chi connectivity index (χ0v) is 36.0. The van der Waals surface area contributed by atoms with E-state index < -0.39 is 0 Å². The van der Waals surface area contributed by atoms with Gasteiger partial charge in [-0.1, -0.05) is 188 Å². The van der Waals surface area contributed by atoms with E-state index in [0.717, 1.165) is 50.1 Å². The number of hydrogen-bond acceptors (Lipinski definition) is 2. The van der Waals surface area contributed by atoms with Gasteiger partial charge in [0, 0.05) is 27.8 Å². The first-order valence-corrected chi connectivity index (χ1v) is 22.6. The van der Waals surface area contributed by atoms with Crippen molar-refractivity contribution in [2.75, 3.05) is 4.90 Å². The number of furan rings is 1. The Hall–Kier alpha value is -8.72. The van der Waals surface area contributed by atoms with E-state index in [9.17, 15) is 0 Å². The molecule has 0 amide bonds. The van der Waals surface area contributed by atoms with Gasteiger partial charge in [0.1, 0.15) is 11.2 Å². The maximum absolute atomic E-state index is 6.27. The van der Waals surface area contributed by atoms with E-state index in [-0.39, 0.29) is 0 Å². The van der Waals surface area contributed by atoms with E-state index in [1.807, 2.05) is 12.1 Å². The molecule has 0 radical (unpaired) electrons. The molecule has 0 bridgehead atoms. The van der Waals surface area contributed by atoms with Gasteiger partial charge in [0.05, 0.1) is 0 Å². The zero-order valence-electron chi connectivity index (χ0n) is 36.0. The van der Waals surface area contributed by atoms with Crippen molar-refractivity contribution in [2.45, 2.75) is 0 Å². The van der Waals surface area contributed by atoms with E-state index in [0.29, 0.717) is 0 Å². The van der Waals surface area contributed by atoms with Crippen LogP contribution in [-0.4, -0.2) is 0 Å². The number of fused-ring (bicyclic) bond motifs is 9. The second-order valence-electron chi connectivity index (χ2n) is 17.3. The molecule has 0 fully saturated rings. The summed E-state index contributed by atoms with van der Waals surface area (Å²) in [5, 5.41) is 12.4. The average Bonchev–Trinajstić information content (AvgIpc) is 3.78. The maximum Gasteiger partial charge on any atom is 0.136 e. The molecule has 0 saturated heterocycles. The molecule has 1 heterocycles. The van der Waals surface area contributed by atoms with Crippen LogP contribution in [0, 0.1) is 0 Å². The molecule has 0 saturated carbocycles. The van der Waals surface area contributed by atoms with Crippen molar-refractivity contribution < 1.29 is 4.42 Å². The molecule has 0 unspecified atom stereocenters. The molecule has 1 aromatic heterocycles. The standard InChI is InChI=1S/C64H41NO/c1-3-13-56-45(9-1)26-28-52-39-50(33-38-58(52)56)49-11-7-12-55(40-49)65(54-36-31-47(32-37-54)59-16-8-18-63-64(59)60-15-5-6-17-62(60)66-63)53-34-29-43(30-35-53)42-19-21-44(22-20-42)51-27-25-48-24-23-46-10-2-4-14-57(46)61(48)41-51/h1-41H. The normalized spacial score (nSPS) is 11.6. The molecule has 0 aliphatic carbocycles. The van der Waals surface area contributed by atoms with Gasteiger partial charge < -0.3 is 9.32 Å². The van der Waals surface area contributed by atoms with Crippen LogP contribution in [0.4, 0.5) is 17.1 Å². The predicted molar refractivity (Wildman–Crippen MR) is 280 cm³/mol. The molecule has 66 heavy (non-hydrogen) atoms. The third-order valence-electron chi connectivity index (χ3n) is 13.4. The Balaban J connectivity index is 0.867. The highest BCUT2D eigenvalue weighted by molar-refractivity contribution is 6.13. The van der Waals surface area contributed by atoms with E-state index in [1.54, 1.807) is 0 Å². The fourth-order valence-electron chi connectivity index (χ4n) is 10.1. The van der Waals surface area contributed by atoms with Crippen LogP contribution in [0.25, 0.3) is 110 Å². The molecule has 12 aromatic carbocycles. The summed E-state index contributed by atoms with van der Waals surface area (Å²) in [4.78, 5) is 2.37. The number of anilines is 3. The lowest BCUT2D eigenvalue weighted by atomic mass is 9.96. The molecule has 2 heteroatoms. The zero-order chi connectivity index (χ0) is 43.6. The SMILES string of the molecule is c1cc(-c2ccc3c(ccc4ccccc43)c2)cc(N(c2ccc(-c3ccc(-c4ccc5ccc6ccccc6c5c4)cc3)cc2)c2ccc(-c3cccc4oc5ccccc5c34)cc2)c1. The summed E-state index contributed by atoms with van der Waals surface area (Å²) < 4.78 is 6.27. The summed E-state index contributed by atoms with van der Waals surface area (Å²) >= 11 is 0.